The Hall–Kier alpha value is -1.09. The summed E-state index contributed by atoms with van der Waals surface area (Å²) < 4.78 is 8.04. The smallest absolute Gasteiger partial charge is 0.164 e. The number of aromatic nitrogens is 1. The zero-order valence-electron chi connectivity index (χ0n) is 11.3. The molecule has 98 valence electrons. The van der Waals surface area contributed by atoms with E-state index in [1.807, 2.05) is 7.11 Å². The molecule has 0 radical (unpaired) electrons. The van der Waals surface area contributed by atoms with Crippen LogP contribution >= 0.6 is 0 Å². The highest BCUT2D eigenvalue weighted by Gasteiger charge is 2.38. The Morgan fingerprint density at radius 1 is 1.33 bits per heavy atom. The lowest BCUT2D eigenvalue weighted by atomic mass is 9.79. The van der Waals surface area contributed by atoms with E-state index in [4.69, 9.17) is 4.74 Å². The van der Waals surface area contributed by atoms with Gasteiger partial charge in [0.1, 0.15) is 0 Å². The number of methoxy groups -OCH3 is 1. The maximum Gasteiger partial charge on any atom is 0.164 e. The van der Waals surface area contributed by atoms with Crippen LogP contribution in [0.5, 0.6) is 0 Å². The van der Waals surface area contributed by atoms with Gasteiger partial charge in [-0.15, -0.1) is 0 Å². The van der Waals surface area contributed by atoms with E-state index < -0.39 is 0 Å². The second kappa shape index (κ2) is 4.23. The molecule has 0 amide bonds. The van der Waals surface area contributed by atoms with Crippen LogP contribution < -0.4 is 0 Å². The van der Waals surface area contributed by atoms with Crippen LogP contribution in [0.1, 0.15) is 53.8 Å². The van der Waals surface area contributed by atoms with Crippen LogP contribution in [0.25, 0.3) is 0 Å². The van der Waals surface area contributed by atoms with Crippen molar-refractivity contribution in [3.8, 4) is 0 Å². The molecular formula is C15H21NO2. The number of nitrogens with zero attached hydrogens (tertiary/aromatic N) is 1. The summed E-state index contributed by atoms with van der Waals surface area (Å²) in [4.78, 5) is 11.9. The first-order chi connectivity index (χ1) is 8.65. The topological polar surface area (TPSA) is 31.2 Å². The summed E-state index contributed by atoms with van der Waals surface area (Å²) in [5, 5.41) is 0. The van der Waals surface area contributed by atoms with Crippen molar-refractivity contribution in [1.82, 2.24) is 4.57 Å². The molecule has 3 nitrogen and oxygen atoms in total. The SMILES string of the molecule is COC1(Cn2c(C)cc3c2CCCC3=O)CCC1. The van der Waals surface area contributed by atoms with Crippen molar-refractivity contribution < 1.29 is 9.53 Å². The minimum atomic E-state index is 0.0258. The van der Waals surface area contributed by atoms with Gasteiger partial charge < -0.3 is 9.30 Å². The van der Waals surface area contributed by atoms with Gasteiger partial charge in [0.25, 0.3) is 0 Å². The molecule has 0 unspecified atom stereocenters. The summed E-state index contributed by atoms with van der Waals surface area (Å²) in [6.45, 7) is 3.02. The molecule has 2 aliphatic rings. The molecule has 3 heteroatoms. The van der Waals surface area contributed by atoms with Gasteiger partial charge in [-0.05, 0) is 45.1 Å². The predicted octanol–water partition coefficient (Wildman–Crippen LogP) is 2.88. The molecule has 0 aliphatic heterocycles. The number of ketones is 1. The van der Waals surface area contributed by atoms with Crippen molar-refractivity contribution in [3.05, 3.63) is 23.0 Å². The molecule has 0 atom stereocenters. The van der Waals surface area contributed by atoms with Gasteiger partial charge in [0, 0.05) is 30.5 Å². The fourth-order valence-corrected chi connectivity index (χ4v) is 3.30. The third-order valence-corrected chi connectivity index (χ3v) is 4.68. The Balaban J connectivity index is 1.94. The maximum atomic E-state index is 11.9. The van der Waals surface area contributed by atoms with Crippen molar-refractivity contribution >= 4 is 5.78 Å². The molecule has 1 aromatic heterocycles. The van der Waals surface area contributed by atoms with E-state index in [9.17, 15) is 4.79 Å². The van der Waals surface area contributed by atoms with Crippen LogP contribution in [-0.4, -0.2) is 23.1 Å². The van der Waals surface area contributed by atoms with Crippen molar-refractivity contribution in [2.24, 2.45) is 0 Å². The van der Waals surface area contributed by atoms with Crippen LogP contribution in [0.15, 0.2) is 6.07 Å². The normalized spacial score (nSPS) is 21.6. The molecule has 2 aliphatic carbocycles. The zero-order valence-corrected chi connectivity index (χ0v) is 11.3. The van der Waals surface area contributed by atoms with Crippen molar-refractivity contribution in [3.63, 3.8) is 0 Å². The standard InChI is InChI=1S/C15H21NO2/c1-11-9-12-13(5-3-6-14(12)17)16(11)10-15(18-2)7-4-8-15/h9H,3-8,10H2,1-2H3. The molecule has 1 heterocycles. The summed E-state index contributed by atoms with van der Waals surface area (Å²) in [6, 6.07) is 2.07. The van der Waals surface area contributed by atoms with Gasteiger partial charge in [-0.2, -0.15) is 0 Å². The Bertz CT molecular complexity index is 477. The molecule has 0 aromatic carbocycles. The highest BCUT2D eigenvalue weighted by atomic mass is 16.5. The lowest BCUT2D eigenvalue weighted by Crippen LogP contribution is -2.43. The predicted molar refractivity (Wildman–Crippen MR) is 70.0 cm³/mol. The minimum Gasteiger partial charge on any atom is -0.376 e. The second-order valence-corrected chi connectivity index (χ2v) is 5.75. The number of ether oxygens (including phenoxy) is 1. The average molecular weight is 247 g/mol. The molecule has 0 bridgehead atoms. The maximum absolute atomic E-state index is 11.9. The number of hydrogen-bond acceptors (Lipinski definition) is 2. The van der Waals surface area contributed by atoms with E-state index in [-0.39, 0.29) is 5.60 Å². The molecule has 0 spiro atoms. The van der Waals surface area contributed by atoms with E-state index in [0.29, 0.717) is 12.2 Å². The Morgan fingerprint density at radius 2 is 2.11 bits per heavy atom. The third kappa shape index (κ3) is 1.72. The Labute approximate surface area is 108 Å². The molecule has 18 heavy (non-hydrogen) atoms. The molecule has 3 rings (SSSR count). The molecule has 1 fully saturated rings. The van der Waals surface area contributed by atoms with E-state index in [2.05, 4.69) is 17.6 Å². The van der Waals surface area contributed by atoms with Gasteiger partial charge in [0.2, 0.25) is 0 Å². The van der Waals surface area contributed by atoms with Crippen LogP contribution in [0.3, 0.4) is 0 Å². The number of fused-ring (bicyclic) bond motifs is 1. The van der Waals surface area contributed by atoms with Crippen molar-refractivity contribution in [2.45, 2.75) is 57.6 Å². The molecule has 1 saturated carbocycles. The fourth-order valence-electron chi connectivity index (χ4n) is 3.30. The largest absolute Gasteiger partial charge is 0.376 e. The van der Waals surface area contributed by atoms with E-state index in [0.717, 1.165) is 37.8 Å². The average Bonchev–Trinajstić information content (AvgIpc) is 2.62. The highest BCUT2D eigenvalue weighted by Crippen LogP contribution is 2.38. The first-order valence-corrected chi connectivity index (χ1v) is 6.93. The quantitative estimate of drug-likeness (QED) is 0.822. The molecule has 0 saturated heterocycles. The summed E-state index contributed by atoms with van der Waals surface area (Å²) in [7, 11) is 1.82. The van der Waals surface area contributed by atoms with Crippen molar-refractivity contribution in [2.75, 3.05) is 7.11 Å². The number of carbonyl (C=O) groups excluding carboxylic acids is 1. The number of Topliss-reactive ketones (excluding diaryl/α,β-unsaturated/α-hetero) is 1. The molecule has 1 aromatic rings. The minimum absolute atomic E-state index is 0.0258. The number of carbonyl (C=O) groups is 1. The first-order valence-electron chi connectivity index (χ1n) is 6.93. The van der Waals surface area contributed by atoms with Crippen LogP contribution in [-0.2, 0) is 17.7 Å². The lowest BCUT2D eigenvalue weighted by molar-refractivity contribution is -0.0841. The summed E-state index contributed by atoms with van der Waals surface area (Å²) in [5.41, 5.74) is 3.44. The second-order valence-electron chi connectivity index (χ2n) is 5.75. The zero-order chi connectivity index (χ0) is 12.8. The Kier molecular flexibility index (Phi) is 2.81. The number of hydrogen-bond donors (Lipinski definition) is 0. The van der Waals surface area contributed by atoms with Gasteiger partial charge in [-0.25, -0.2) is 0 Å². The summed E-state index contributed by atoms with van der Waals surface area (Å²) in [5.74, 6) is 0.318. The number of rotatable bonds is 3. The molecule has 0 N–H and O–H groups in total. The van der Waals surface area contributed by atoms with E-state index >= 15 is 0 Å². The van der Waals surface area contributed by atoms with Gasteiger partial charge in [-0.3, -0.25) is 4.79 Å². The third-order valence-electron chi connectivity index (χ3n) is 4.68. The van der Waals surface area contributed by atoms with Crippen LogP contribution in [0.4, 0.5) is 0 Å². The lowest BCUT2D eigenvalue weighted by Gasteiger charge is -2.41. The molecular weight excluding hydrogens is 226 g/mol. The van der Waals surface area contributed by atoms with Gasteiger partial charge in [-0.1, -0.05) is 0 Å². The summed E-state index contributed by atoms with van der Waals surface area (Å²) in [6.07, 6.45) is 6.29. The van der Waals surface area contributed by atoms with Crippen LogP contribution in [0, 0.1) is 6.92 Å². The van der Waals surface area contributed by atoms with Gasteiger partial charge in [0.15, 0.2) is 5.78 Å². The van der Waals surface area contributed by atoms with E-state index in [1.165, 1.54) is 17.8 Å². The van der Waals surface area contributed by atoms with Crippen LogP contribution in [0.2, 0.25) is 0 Å². The first kappa shape index (κ1) is 12.0. The van der Waals surface area contributed by atoms with Gasteiger partial charge in [0.05, 0.1) is 12.1 Å². The monoisotopic (exact) mass is 247 g/mol. The Morgan fingerprint density at radius 3 is 2.72 bits per heavy atom. The fraction of sp³-hybridized carbons (Fsp3) is 0.667. The van der Waals surface area contributed by atoms with Gasteiger partial charge >= 0.3 is 0 Å². The highest BCUT2D eigenvalue weighted by molar-refractivity contribution is 5.98. The van der Waals surface area contributed by atoms with E-state index in [1.54, 1.807) is 0 Å². The number of aryl methyl sites for hydroxylation is 1. The van der Waals surface area contributed by atoms with Crippen molar-refractivity contribution in [1.29, 1.82) is 0 Å². The summed E-state index contributed by atoms with van der Waals surface area (Å²) >= 11 is 0.